The van der Waals surface area contributed by atoms with Crippen molar-refractivity contribution in [2.75, 3.05) is 23.3 Å². The Hall–Kier alpha value is -2.68. The Balaban J connectivity index is 1.68. The summed E-state index contributed by atoms with van der Waals surface area (Å²) in [7, 11) is 0. The molecule has 4 rings (SSSR count). The topological polar surface area (TPSA) is 58.1 Å². The molecule has 31 heavy (non-hydrogen) atoms. The Morgan fingerprint density at radius 1 is 1.19 bits per heavy atom. The maximum atomic E-state index is 13.0. The first-order valence-electron chi connectivity index (χ1n) is 10.1. The highest BCUT2D eigenvalue weighted by molar-refractivity contribution is 7.20. The molecule has 1 amide bonds. The summed E-state index contributed by atoms with van der Waals surface area (Å²) in [6.07, 6.45) is -2.31. The van der Waals surface area contributed by atoms with Gasteiger partial charge in [0.15, 0.2) is 0 Å². The summed E-state index contributed by atoms with van der Waals surface area (Å²) in [5, 5.41) is 3.45. The minimum atomic E-state index is -4.47. The summed E-state index contributed by atoms with van der Waals surface area (Å²) in [6.45, 7) is 7.70. The van der Waals surface area contributed by atoms with E-state index in [1.807, 2.05) is 13.8 Å². The van der Waals surface area contributed by atoms with Gasteiger partial charge >= 0.3 is 6.18 Å². The molecule has 0 radical (unpaired) electrons. The number of nitrogens with one attached hydrogen (secondary N) is 1. The van der Waals surface area contributed by atoms with E-state index in [0.29, 0.717) is 21.4 Å². The number of carbonyl (C=O) groups excluding carboxylic acids is 1. The van der Waals surface area contributed by atoms with Crippen LogP contribution in [-0.4, -0.2) is 29.0 Å². The number of amides is 1. The van der Waals surface area contributed by atoms with Crippen molar-refractivity contribution in [2.24, 2.45) is 5.92 Å². The molecule has 3 aromatic rings. The number of halogens is 3. The molecule has 1 aromatic carbocycles. The van der Waals surface area contributed by atoms with Crippen molar-refractivity contribution in [2.45, 2.75) is 39.8 Å². The van der Waals surface area contributed by atoms with Gasteiger partial charge in [-0.15, -0.1) is 11.3 Å². The molecule has 1 fully saturated rings. The minimum Gasteiger partial charge on any atom is -0.356 e. The number of rotatable bonds is 3. The zero-order chi connectivity index (χ0) is 22.3. The molecule has 0 spiro atoms. The van der Waals surface area contributed by atoms with Crippen LogP contribution >= 0.6 is 11.3 Å². The van der Waals surface area contributed by atoms with E-state index in [-0.39, 0.29) is 5.69 Å². The SMILES string of the molecule is Cc1nc(N2CCC(C)CC2)c2c(C)c(C(=O)Nc3cccc(C(F)(F)F)c3)sc2n1. The van der Waals surface area contributed by atoms with Crippen molar-refractivity contribution >= 4 is 39.0 Å². The van der Waals surface area contributed by atoms with E-state index in [0.717, 1.165) is 54.8 Å². The van der Waals surface area contributed by atoms with E-state index >= 15 is 0 Å². The summed E-state index contributed by atoms with van der Waals surface area (Å²) < 4.78 is 39.0. The van der Waals surface area contributed by atoms with Crippen LogP contribution in [0.5, 0.6) is 0 Å². The van der Waals surface area contributed by atoms with Crippen LogP contribution in [0.4, 0.5) is 24.7 Å². The maximum absolute atomic E-state index is 13.0. The molecule has 1 aliphatic rings. The number of thiophene rings is 1. The lowest BCUT2D eigenvalue weighted by molar-refractivity contribution is -0.137. The minimum absolute atomic E-state index is 0.101. The quantitative estimate of drug-likeness (QED) is 0.549. The summed E-state index contributed by atoms with van der Waals surface area (Å²) in [4.78, 5) is 25.5. The number of fused-ring (bicyclic) bond motifs is 1. The lowest BCUT2D eigenvalue weighted by Crippen LogP contribution is -2.33. The first-order valence-corrected chi connectivity index (χ1v) is 11.0. The second-order valence-electron chi connectivity index (χ2n) is 8.03. The number of anilines is 2. The van der Waals surface area contributed by atoms with Crippen molar-refractivity contribution < 1.29 is 18.0 Å². The lowest BCUT2D eigenvalue weighted by atomic mass is 9.99. The second-order valence-corrected chi connectivity index (χ2v) is 9.03. The average Bonchev–Trinajstić information content (AvgIpc) is 3.04. The molecule has 1 aliphatic heterocycles. The van der Waals surface area contributed by atoms with Crippen molar-refractivity contribution in [1.82, 2.24) is 9.97 Å². The van der Waals surface area contributed by atoms with Crippen LogP contribution in [-0.2, 0) is 6.18 Å². The van der Waals surface area contributed by atoms with Gasteiger partial charge < -0.3 is 10.2 Å². The van der Waals surface area contributed by atoms with Crippen LogP contribution in [0.25, 0.3) is 10.2 Å². The molecular formula is C22H23F3N4OS. The second kappa shape index (κ2) is 8.11. The van der Waals surface area contributed by atoms with Crippen LogP contribution in [0.15, 0.2) is 24.3 Å². The standard InChI is InChI=1S/C22H23F3N4OS/c1-12-7-9-29(10-8-12)19-17-13(2)18(31-21(17)27-14(3)26-19)20(30)28-16-6-4-5-15(11-16)22(23,24)25/h4-6,11-12H,7-10H2,1-3H3,(H,28,30). The van der Waals surface area contributed by atoms with E-state index in [1.54, 1.807) is 0 Å². The van der Waals surface area contributed by atoms with Gasteiger partial charge in [0.2, 0.25) is 0 Å². The predicted molar refractivity (Wildman–Crippen MR) is 117 cm³/mol. The fraction of sp³-hybridized carbons (Fsp3) is 0.409. The first-order chi connectivity index (χ1) is 14.6. The van der Waals surface area contributed by atoms with E-state index in [9.17, 15) is 18.0 Å². The van der Waals surface area contributed by atoms with Gasteiger partial charge in [-0.25, -0.2) is 9.97 Å². The van der Waals surface area contributed by atoms with Gasteiger partial charge in [0.25, 0.3) is 5.91 Å². The van der Waals surface area contributed by atoms with Crippen LogP contribution < -0.4 is 10.2 Å². The number of carbonyl (C=O) groups is 1. The molecule has 0 aliphatic carbocycles. The Morgan fingerprint density at radius 2 is 1.90 bits per heavy atom. The largest absolute Gasteiger partial charge is 0.416 e. The number of hydrogen-bond donors (Lipinski definition) is 1. The van der Waals surface area contributed by atoms with Crippen LogP contribution in [0, 0.1) is 19.8 Å². The van der Waals surface area contributed by atoms with E-state index in [1.165, 1.54) is 23.5 Å². The van der Waals surface area contributed by atoms with Gasteiger partial charge in [-0.1, -0.05) is 13.0 Å². The van der Waals surface area contributed by atoms with Gasteiger partial charge in [0.1, 0.15) is 16.5 Å². The summed E-state index contributed by atoms with van der Waals surface area (Å²) in [5.41, 5.74) is 0.0451. The smallest absolute Gasteiger partial charge is 0.356 e. The Labute approximate surface area is 182 Å². The predicted octanol–water partition coefficient (Wildman–Crippen LogP) is 5.82. The summed E-state index contributed by atoms with van der Waals surface area (Å²) >= 11 is 1.24. The van der Waals surface area contributed by atoms with Crippen molar-refractivity contribution in [3.8, 4) is 0 Å². The van der Waals surface area contributed by atoms with Crippen molar-refractivity contribution in [3.05, 3.63) is 46.1 Å². The number of piperidine rings is 1. The number of alkyl halides is 3. The Kier molecular flexibility index (Phi) is 5.63. The number of aryl methyl sites for hydroxylation is 2. The van der Waals surface area contributed by atoms with Gasteiger partial charge in [-0.2, -0.15) is 13.2 Å². The average molecular weight is 449 g/mol. The van der Waals surface area contributed by atoms with Gasteiger partial charge in [-0.05, 0) is 56.4 Å². The monoisotopic (exact) mass is 448 g/mol. The van der Waals surface area contributed by atoms with E-state index in [4.69, 9.17) is 0 Å². The molecule has 0 saturated carbocycles. The number of benzene rings is 1. The highest BCUT2D eigenvalue weighted by Gasteiger charge is 2.31. The van der Waals surface area contributed by atoms with E-state index in [2.05, 4.69) is 27.1 Å². The van der Waals surface area contributed by atoms with Gasteiger partial charge in [-0.3, -0.25) is 4.79 Å². The maximum Gasteiger partial charge on any atom is 0.416 e. The molecule has 9 heteroatoms. The third-order valence-corrected chi connectivity index (χ3v) is 6.80. The molecule has 1 saturated heterocycles. The third-order valence-electron chi connectivity index (χ3n) is 5.62. The fourth-order valence-corrected chi connectivity index (χ4v) is 4.96. The Bertz CT molecular complexity index is 1130. The Morgan fingerprint density at radius 3 is 2.58 bits per heavy atom. The van der Waals surface area contributed by atoms with Crippen LogP contribution in [0.2, 0.25) is 0 Å². The molecule has 0 bridgehead atoms. The number of hydrogen-bond acceptors (Lipinski definition) is 5. The van der Waals surface area contributed by atoms with Crippen molar-refractivity contribution in [1.29, 1.82) is 0 Å². The lowest BCUT2D eigenvalue weighted by Gasteiger charge is -2.31. The van der Waals surface area contributed by atoms with Crippen LogP contribution in [0.1, 0.15) is 46.4 Å². The fourth-order valence-electron chi connectivity index (χ4n) is 3.85. The number of aromatic nitrogens is 2. The summed E-state index contributed by atoms with van der Waals surface area (Å²) in [6, 6.07) is 4.63. The summed E-state index contributed by atoms with van der Waals surface area (Å²) in [5.74, 6) is 1.69. The molecule has 5 nitrogen and oxygen atoms in total. The normalized spacial score (nSPS) is 15.5. The third kappa shape index (κ3) is 4.37. The zero-order valence-corrected chi connectivity index (χ0v) is 18.3. The molecule has 3 heterocycles. The van der Waals surface area contributed by atoms with Crippen molar-refractivity contribution in [3.63, 3.8) is 0 Å². The van der Waals surface area contributed by atoms with Crippen LogP contribution in [0.3, 0.4) is 0 Å². The molecule has 164 valence electrons. The molecular weight excluding hydrogens is 425 g/mol. The van der Waals surface area contributed by atoms with E-state index < -0.39 is 17.6 Å². The molecule has 1 N–H and O–H groups in total. The van der Waals surface area contributed by atoms with Gasteiger partial charge in [0.05, 0.1) is 15.8 Å². The highest BCUT2D eigenvalue weighted by atomic mass is 32.1. The zero-order valence-electron chi connectivity index (χ0n) is 17.5. The van der Waals surface area contributed by atoms with Gasteiger partial charge in [0, 0.05) is 18.8 Å². The molecule has 2 aromatic heterocycles. The highest BCUT2D eigenvalue weighted by Crippen LogP contribution is 2.37. The molecule has 0 unspecified atom stereocenters. The molecule has 0 atom stereocenters. The number of nitrogens with zero attached hydrogens (tertiary/aromatic N) is 3. The first kappa shape index (κ1) is 21.5.